The molecule has 4 heterocycles. The van der Waals surface area contributed by atoms with E-state index in [1.807, 2.05) is 4.90 Å². The molecule has 2 aliphatic rings. The summed E-state index contributed by atoms with van der Waals surface area (Å²) in [6.07, 6.45) is -2.30. The van der Waals surface area contributed by atoms with Crippen LogP contribution in [-0.2, 0) is 16.2 Å². The van der Waals surface area contributed by atoms with Gasteiger partial charge in [0.05, 0.1) is 5.56 Å². The van der Waals surface area contributed by atoms with Crippen LogP contribution in [0.3, 0.4) is 0 Å². The Morgan fingerprint density at radius 1 is 1.06 bits per heavy atom. The Morgan fingerprint density at radius 3 is 2.34 bits per heavy atom. The first kappa shape index (κ1) is 22.9. The highest BCUT2D eigenvalue weighted by Gasteiger charge is 2.32. The van der Waals surface area contributed by atoms with Crippen LogP contribution >= 0.6 is 11.8 Å². The molecule has 8 nitrogen and oxygen atoms in total. The predicted molar refractivity (Wildman–Crippen MR) is 114 cm³/mol. The zero-order valence-electron chi connectivity index (χ0n) is 17.0. The number of piperazine rings is 1. The lowest BCUT2D eigenvalue weighted by molar-refractivity contribution is -0.137. The highest BCUT2D eigenvalue weighted by atomic mass is 32.2. The van der Waals surface area contributed by atoms with E-state index in [2.05, 4.69) is 9.97 Å². The molecule has 1 N–H and O–H groups in total. The fraction of sp³-hybridized carbons (Fsp3) is 0.474. The van der Waals surface area contributed by atoms with Gasteiger partial charge in [-0.05, 0) is 18.2 Å². The molecule has 2 aliphatic heterocycles. The quantitative estimate of drug-likeness (QED) is 0.708. The summed E-state index contributed by atoms with van der Waals surface area (Å²) in [6.45, 7) is 2.38. The number of hydrogen-bond donors (Lipinski definition) is 1. The van der Waals surface area contributed by atoms with E-state index in [1.165, 1.54) is 22.6 Å². The second-order valence-corrected chi connectivity index (χ2v) is 10.6. The molecule has 0 bridgehead atoms. The van der Waals surface area contributed by atoms with Crippen LogP contribution in [0, 0.1) is 0 Å². The van der Waals surface area contributed by atoms with Gasteiger partial charge in [-0.15, -0.1) is 0 Å². The lowest BCUT2D eigenvalue weighted by Crippen LogP contribution is -2.49. The van der Waals surface area contributed by atoms with Crippen molar-refractivity contribution in [1.29, 1.82) is 0 Å². The molecule has 13 heteroatoms. The minimum Gasteiger partial charge on any atom is -0.356 e. The molecule has 0 aliphatic carbocycles. The number of amides is 1. The largest absolute Gasteiger partial charge is 0.417 e. The third-order valence-corrected chi connectivity index (χ3v) is 8.28. The van der Waals surface area contributed by atoms with Gasteiger partial charge >= 0.3 is 6.18 Å². The molecule has 2 saturated heterocycles. The number of sulfonamides is 1. The van der Waals surface area contributed by atoms with Crippen LogP contribution in [0.15, 0.2) is 35.5 Å². The molecule has 1 amide bonds. The monoisotopic (exact) mass is 489 g/mol. The number of H-pyrrole nitrogens is 1. The summed E-state index contributed by atoms with van der Waals surface area (Å²) < 4.78 is 65.1. The minimum absolute atomic E-state index is 0.0698. The Bertz CT molecular complexity index is 1060. The van der Waals surface area contributed by atoms with Crippen molar-refractivity contribution >= 4 is 33.5 Å². The number of nitrogens with zero attached hydrogens (tertiary/aromatic N) is 4. The van der Waals surface area contributed by atoms with Crippen LogP contribution in [0.1, 0.15) is 16.1 Å². The number of aromatic amines is 1. The van der Waals surface area contributed by atoms with Crippen molar-refractivity contribution in [2.45, 2.75) is 11.1 Å². The Balaban J connectivity index is 1.38. The smallest absolute Gasteiger partial charge is 0.356 e. The van der Waals surface area contributed by atoms with Gasteiger partial charge in [0.25, 0.3) is 5.91 Å². The third-order valence-electron chi connectivity index (χ3n) is 5.46. The molecule has 174 valence electrons. The Morgan fingerprint density at radius 2 is 1.75 bits per heavy atom. The summed E-state index contributed by atoms with van der Waals surface area (Å²) >= 11 is 1.71. The number of thioether (sulfide) groups is 1. The van der Waals surface area contributed by atoms with Crippen LogP contribution in [0.25, 0.3) is 0 Å². The maximum absolute atomic E-state index is 12.8. The van der Waals surface area contributed by atoms with E-state index in [4.69, 9.17) is 0 Å². The van der Waals surface area contributed by atoms with Crippen molar-refractivity contribution in [3.05, 3.63) is 41.9 Å². The van der Waals surface area contributed by atoms with Crippen LogP contribution in [-0.4, -0.2) is 84.3 Å². The number of carbonyl (C=O) groups is 1. The summed E-state index contributed by atoms with van der Waals surface area (Å²) in [4.78, 5) is 23.0. The first-order valence-electron chi connectivity index (χ1n) is 10.00. The molecule has 2 aromatic heterocycles. The average molecular weight is 490 g/mol. The normalized spacial score (nSPS) is 18.7. The molecule has 0 spiro atoms. The van der Waals surface area contributed by atoms with Crippen molar-refractivity contribution in [2.75, 3.05) is 55.7 Å². The van der Waals surface area contributed by atoms with E-state index < -0.39 is 21.8 Å². The van der Waals surface area contributed by atoms with Crippen molar-refractivity contribution in [1.82, 2.24) is 19.2 Å². The SMILES string of the molecule is O=C(c1cc(S(=O)(=O)N2CCSCC2)c[nH]1)N1CCN(c2ccc(C(F)(F)F)cn2)CC1. The zero-order valence-corrected chi connectivity index (χ0v) is 18.6. The van der Waals surface area contributed by atoms with Gasteiger partial charge in [0, 0.05) is 63.2 Å². The van der Waals surface area contributed by atoms with E-state index in [-0.39, 0.29) is 16.5 Å². The van der Waals surface area contributed by atoms with Gasteiger partial charge in [-0.25, -0.2) is 13.4 Å². The average Bonchev–Trinajstić information content (AvgIpc) is 3.30. The van der Waals surface area contributed by atoms with Gasteiger partial charge in [-0.2, -0.15) is 29.2 Å². The second kappa shape index (κ2) is 8.94. The standard InChI is InChI=1S/C19H22F3N5O3S2/c20-19(21,22)14-1-2-17(24-12-14)25-3-5-26(6-4-25)18(28)16-11-15(13-23-16)32(29,30)27-7-9-31-10-8-27/h1-2,11-13,23H,3-10H2. The highest BCUT2D eigenvalue weighted by molar-refractivity contribution is 7.99. The molecule has 32 heavy (non-hydrogen) atoms. The molecular formula is C19H22F3N5O3S2. The number of halogens is 3. The number of alkyl halides is 3. The summed E-state index contributed by atoms with van der Waals surface area (Å²) in [5, 5.41) is 0. The molecule has 0 saturated carbocycles. The van der Waals surface area contributed by atoms with Gasteiger partial charge in [0.2, 0.25) is 10.0 Å². The molecule has 2 aromatic rings. The molecule has 0 radical (unpaired) electrons. The molecule has 4 rings (SSSR count). The van der Waals surface area contributed by atoms with Crippen LogP contribution in [0.5, 0.6) is 0 Å². The molecule has 0 atom stereocenters. The lowest BCUT2D eigenvalue weighted by Gasteiger charge is -2.35. The Labute approximate surface area is 187 Å². The van der Waals surface area contributed by atoms with Crippen molar-refractivity contribution < 1.29 is 26.4 Å². The van der Waals surface area contributed by atoms with Crippen molar-refractivity contribution in [2.24, 2.45) is 0 Å². The number of hydrogen-bond acceptors (Lipinski definition) is 6. The van der Waals surface area contributed by atoms with Crippen molar-refractivity contribution in [3.8, 4) is 0 Å². The highest BCUT2D eigenvalue weighted by Crippen LogP contribution is 2.29. The lowest BCUT2D eigenvalue weighted by atomic mass is 10.2. The fourth-order valence-electron chi connectivity index (χ4n) is 3.63. The summed E-state index contributed by atoms with van der Waals surface area (Å²) in [5.74, 6) is 1.58. The fourth-order valence-corrected chi connectivity index (χ4v) is 6.20. The molecule has 0 aromatic carbocycles. The maximum Gasteiger partial charge on any atom is 0.417 e. The maximum atomic E-state index is 12.8. The Kier molecular flexibility index (Phi) is 6.41. The zero-order chi connectivity index (χ0) is 22.9. The van der Waals surface area contributed by atoms with Gasteiger partial charge in [0.1, 0.15) is 16.4 Å². The van der Waals surface area contributed by atoms with Gasteiger partial charge in [-0.3, -0.25) is 4.79 Å². The minimum atomic E-state index is -4.44. The van der Waals surface area contributed by atoms with E-state index in [0.717, 1.165) is 23.8 Å². The number of aromatic nitrogens is 2. The van der Waals surface area contributed by atoms with Crippen LogP contribution in [0.2, 0.25) is 0 Å². The topological polar surface area (TPSA) is 89.6 Å². The molecular weight excluding hydrogens is 467 g/mol. The summed E-state index contributed by atoms with van der Waals surface area (Å²) in [6, 6.07) is 3.67. The summed E-state index contributed by atoms with van der Waals surface area (Å²) in [7, 11) is -3.64. The second-order valence-electron chi connectivity index (χ2n) is 7.45. The van der Waals surface area contributed by atoms with E-state index >= 15 is 0 Å². The number of rotatable bonds is 4. The van der Waals surface area contributed by atoms with Crippen molar-refractivity contribution in [3.63, 3.8) is 0 Å². The Hall–Kier alpha value is -2.25. The number of carbonyl (C=O) groups excluding carboxylic acids is 1. The van der Waals surface area contributed by atoms with Crippen LogP contribution in [0.4, 0.5) is 19.0 Å². The van der Waals surface area contributed by atoms with E-state index in [0.29, 0.717) is 45.1 Å². The third kappa shape index (κ3) is 4.74. The van der Waals surface area contributed by atoms with Gasteiger partial charge < -0.3 is 14.8 Å². The molecule has 0 unspecified atom stereocenters. The van der Waals surface area contributed by atoms with Gasteiger partial charge in [0.15, 0.2) is 0 Å². The summed E-state index contributed by atoms with van der Waals surface area (Å²) in [5.41, 5.74) is -0.619. The first-order valence-corrected chi connectivity index (χ1v) is 12.6. The number of anilines is 1. The number of nitrogens with one attached hydrogen (secondary N) is 1. The predicted octanol–water partition coefficient (Wildman–Crippen LogP) is 2.13. The first-order chi connectivity index (χ1) is 15.2. The van der Waals surface area contributed by atoms with E-state index in [9.17, 15) is 26.4 Å². The number of pyridine rings is 1. The van der Waals surface area contributed by atoms with Gasteiger partial charge in [-0.1, -0.05) is 0 Å². The van der Waals surface area contributed by atoms with Crippen LogP contribution < -0.4 is 4.90 Å². The molecule has 2 fully saturated rings. The van der Waals surface area contributed by atoms with E-state index in [1.54, 1.807) is 16.7 Å².